The number of furan rings is 1. The lowest BCUT2D eigenvalue weighted by molar-refractivity contribution is -0.137. The van der Waals surface area contributed by atoms with Gasteiger partial charge in [-0.25, -0.2) is 4.98 Å². The van der Waals surface area contributed by atoms with E-state index in [4.69, 9.17) is 4.42 Å². The maximum absolute atomic E-state index is 12.8. The van der Waals surface area contributed by atoms with E-state index in [1.54, 1.807) is 25.1 Å². The number of carbonyl (C=O) groups excluding carboxylic acids is 1. The Balaban J connectivity index is 1.77. The molecule has 0 aliphatic rings. The Morgan fingerprint density at radius 2 is 1.79 bits per heavy atom. The van der Waals surface area contributed by atoms with Gasteiger partial charge in [0.15, 0.2) is 5.76 Å². The van der Waals surface area contributed by atoms with Crippen molar-refractivity contribution in [1.29, 1.82) is 0 Å². The zero-order valence-electron chi connectivity index (χ0n) is 14.8. The number of benzene rings is 1. The third-order valence-electron chi connectivity index (χ3n) is 3.64. The van der Waals surface area contributed by atoms with Crippen molar-refractivity contribution in [1.82, 2.24) is 4.98 Å². The van der Waals surface area contributed by atoms with Crippen molar-refractivity contribution in [2.45, 2.75) is 18.2 Å². The molecular formula is C18H14F3N3O4S. The molecular weight excluding hydrogens is 411 g/mol. The molecule has 29 heavy (non-hydrogen) atoms. The van der Waals surface area contributed by atoms with Crippen molar-refractivity contribution in [2.24, 2.45) is 0 Å². The molecule has 3 rings (SSSR count). The summed E-state index contributed by atoms with van der Waals surface area (Å²) in [5.74, 6) is -0.792. The van der Waals surface area contributed by atoms with Gasteiger partial charge in [-0.15, -0.1) is 0 Å². The van der Waals surface area contributed by atoms with Gasteiger partial charge in [0.1, 0.15) is 5.82 Å². The Bertz CT molecular complexity index is 1160. The quantitative estimate of drug-likeness (QED) is 0.642. The molecule has 0 saturated carbocycles. The lowest BCUT2D eigenvalue weighted by atomic mass is 10.2. The summed E-state index contributed by atoms with van der Waals surface area (Å²) in [7, 11) is -4.35. The molecule has 0 spiro atoms. The molecule has 2 N–H and O–H groups in total. The number of aryl methyl sites for hydroxylation is 1. The summed E-state index contributed by atoms with van der Waals surface area (Å²) in [6.07, 6.45) is -4.62. The van der Waals surface area contributed by atoms with Gasteiger partial charge in [0.2, 0.25) is 5.09 Å². The fourth-order valence-electron chi connectivity index (χ4n) is 2.34. The van der Waals surface area contributed by atoms with Gasteiger partial charge in [-0.2, -0.15) is 21.6 Å². The first-order chi connectivity index (χ1) is 13.5. The summed E-state index contributed by atoms with van der Waals surface area (Å²) >= 11 is 0. The van der Waals surface area contributed by atoms with Crippen LogP contribution in [0, 0.1) is 6.92 Å². The van der Waals surface area contributed by atoms with Gasteiger partial charge in [0.05, 0.1) is 5.56 Å². The van der Waals surface area contributed by atoms with E-state index in [9.17, 15) is 26.4 Å². The van der Waals surface area contributed by atoms with Gasteiger partial charge in [-0.3, -0.25) is 9.52 Å². The molecule has 0 fully saturated rings. The summed E-state index contributed by atoms with van der Waals surface area (Å²) in [4.78, 5) is 16.3. The minimum Gasteiger partial charge on any atom is -0.438 e. The van der Waals surface area contributed by atoms with E-state index in [0.717, 1.165) is 30.3 Å². The first kappa shape index (κ1) is 20.4. The highest BCUT2D eigenvalue weighted by atomic mass is 32.2. The van der Waals surface area contributed by atoms with Crippen LogP contribution in [0.2, 0.25) is 0 Å². The molecule has 0 aliphatic carbocycles. The standard InChI is InChI=1S/C18H14F3N3O4S/c1-11-4-2-7-15(22-11)23-17(25)14-8-9-16(28-14)29(26,27)24-13-6-3-5-12(10-13)18(19,20)21/h2-10,24H,1H3,(H,22,23,25). The highest BCUT2D eigenvalue weighted by Gasteiger charge is 2.31. The highest BCUT2D eigenvalue weighted by Crippen LogP contribution is 2.31. The number of hydrogen-bond donors (Lipinski definition) is 2. The van der Waals surface area contributed by atoms with Gasteiger partial charge in [-0.05, 0) is 49.4 Å². The number of alkyl halides is 3. The zero-order chi connectivity index (χ0) is 21.2. The Morgan fingerprint density at radius 1 is 1.07 bits per heavy atom. The third-order valence-corrected chi connectivity index (χ3v) is 4.90. The Kier molecular flexibility index (Phi) is 5.33. The van der Waals surface area contributed by atoms with Crippen molar-refractivity contribution >= 4 is 27.4 Å². The minimum absolute atomic E-state index is 0.248. The number of anilines is 2. The summed E-state index contributed by atoms with van der Waals surface area (Å²) in [5, 5.41) is 1.83. The van der Waals surface area contributed by atoms with Crippen molar-refractivity contribution in [2.75, 3.05) is 10.0 Å². The number of aromatic nitrogens is 1. The predicted molar refractivity (Wildman–Crippen MR) is 97.9 cm³/mol. The SMILES string of the molecule is Cc1cccc(NC(=O)c2ccc(S(=O)(=O)Nc3cccc(C(F)(F)F)c3)o2)n1. The van der Waals surface area contributed by atoms with E-state index in [0.29, 0.717) is 11.8 Å². The highest BCUT2D eigenvalue weighted by molar-refractivity contribution is 7.92. The third kappa shape index (κ3) is 4.93. The van der Waals surface area contributed by atoms with Gasteiger partial charge in [-0.1, -0.05) is 12.1 Å². The summed E-state index contributed by atoms with van der Waals surface area (Å²) in [6.45, 7) is 1.73. The molecule has 1 amide bonds. The molecule has 2 heterocycles. The van der Waals surface area contributed by atoms with Gasteiger partial charge >= 0.3 is 6.18 Å². The molecule has 7 nitrogen and oxygen atoms in total. The number of hydrogen-bond acceptors (Lipinski definition) is 5. The van der Waals surface area contributed by atoms with Crippen LogP contribution in [0.3, 0.4) is 0 Å². The van der Waals surface area contributed by atoms with Crippen molar-refractivity contribution < 1.29 is 30.8 Å². The number of halogens is 3. The second-order valence-corrected chi connectivity index (χ2v) is 7.53. The van der Waals surface area contributed by atoms with E-state index < -0.39 is 32.8 Å². The molecule has 0 unspecified atom stereocenters. The molecule has 0 bridgehead atoms. The molecule has 3 aromatic rings. The van der Waals surface area contributed by atoms with Gasteiger partial charge < -0.3 is 9.73 Å². The number of sulfonamides is 1. The normalized spacial score (nSPS) is 11.9. The fraction of sp³-hybridized carbons (Fsp3) is 0.111. The Morgan fingerprint density at radius 3 is 2.48 bits per heavy atom. The minimum atomic E-state index is -4.62. The van der Waals surface area contributed by atoms with E-state index in [2.05, 4.69) is 10.3 Å². The van der Waals surface area contributed by atoms with Crippen LogP contribution in [-0.2, 0) is 16.2 Å². The Labute approximate surface area is 163 Å². The van der Waals surface area contributed by atoms with Crippen LogP contribution in [0.25, 0.3) is 0 Å². The zero-order valence-corrected chi connectivity index (χ0v) is 15.6. The average molecular weight is 425 g/mol. The van der Waals surface area contributed by atoms with Crippen LogP contribution < -0.4 is 10.0 Å². The van der Waals surface area contributed by atoms with E-state index in [-0.39, 0.29) is 17.3 Å². The van der Waals surface area contributed by atoms with Crippen LogP contribution in [0.15, 0.2) is 64.1 Å². The number of pyridine rings is 1. The van der Waals surface area contributed by atoms with E-state index >= 15 is 0 Å². The number of amides is 1. The van der Waals surface area contributed by atoms with Crippen LogP contribution in [0.5, 0.6) is 0 Å². The van der Waals surface area contributed by atoms with E-state index in [1.807, 2.05) is 4.72 Å². The predicted octanol–water partition coefficient (Wildman–Crippen LogP) is 4.05. The molecule has 11 heteroatoms. The van der Waals surface area contributed by atoms with Crippen LogP contribution >= 0.6 is 0 Å². The lowest BCUT2D eigenvalue weighted by Crippen LogP contribution is -2.14. The van der Waals surface area contributed by atoms with Crippen LogP contribution in [0.1, 0.15) is 21.8 Å². The summed E-state index contributed by atoms with van der Waals surface area (Å²) < 4.78 is 70.1. The molecule has 0 atom stereocenters. The first-order valence-electron chi connectivity index (χ1n) is 8.09. The van der Waals surface area contributed by atoms with Crippen LogP contribution in [-0.4, -0.2) is 19.3 Å². The first-order valence-corrected chi connectivity index (χ1v) is 9.58. The van der Waals surface area contributed by atoms with E-state index in [1.165, 1.54) is 0 Å². The second kappa shape index (κ2) is 7.59. The second-order valence-electron chi connectivity index (χ2n) is 5.92. The maximum atomic E-state index is 12.8. The van der Waals surface area contributed by atoms with Crippen molar-refractivity contribution in [3.63, 3.8) is 0 Å². The largest absolute Gasteiger partial charge is 0.438 e. The van der Waals surface area contributed by atoms with Crippen molar-refractivity contribution in [3.8, 4) is 0 Å². The van der Waals surface area contributed by atoms with Crippen LogP contribution in [0.4, 0.5) is 24.7 Å². The smallest absolute Gasteiger partial charge is 0.416 e. The van der Waals surface area contributed by atoms with Crippen molar-refractivity contribution in [3.05, 3.63) is 71.6 Å². The molecule has 0 aliphatic heterocycles. The monoisotopic (exact) mass is 425 g/mol. The van der Waals surface area contributed by atoms with Gasteiger partial charge in [0.25, 0.3) is 15.9 Å². The van der Waals surface area contributed by atoms with Gasteiger partial charge in [0, 0.05) is 11.4 Å². The lowest BCUT2D eigenvalue weighted by Gasteiger charge is -2.10. The molecule has 2 aromatic heterocycles. The number of carbonyl (C=O) groups is 1. The molecule has 1 aromatic carbocycles. The maximum Gasteiger partial charge on any atom is 0.416 e. The molecule has 0 saturated heterocycles. The Hall–Kier alpha value is -3.34. The average Bonchev–Trinajstić information content (AvgIpc) is 3.12. The fourth-order valence-corrected chi connectivity index (χ4v) is 3.33. The number of rotatable bonds is 5. The summed E-state index contributed by atoms with van der Waals surface area (Å²) in [6, 6.07) is 10.8. The molecule has 0 radical (unpaired) electrons. The summed E-state index contributed by atoms with van der Waals surface area (Å²) in [5.41, 5.74) is -0.648. The number of nitrogens with one attached hydrogen (secondary N) is 2. The topological polar surface area (TPSA) is 101 Å². The number of nitrogens with zero attached hydrogens (tertiary/aromatic N) is 1. The molecule has 152 valence electrons.